The average molecular weight is 408 g/mol. The second-order valence-corrected chi connectivity index (χ2v) is 8.61. The molecule has 0 aromatic heterocycles. The largest absolute Gasteiger partial charge is 0.312 e. The molecule has 0 bridgehead atoms. The first-order valence-electron chi connectivity index (χ1n) is 9.16. The summed E-state index contributed by atoms with van der Waals surface area (Å²) in [5.74, 6) is -2.61. The van der Waals surface area contributed by atoms with Crippen molar-refractivity contribution in [2.24, 2.45) is 5.92 Å². The summed E-state index contributed by atoms with van der Waals surface area (Å²) < 4.78 is 53.1. The predicted octanol–water partition coefficient (Wildman–Crippen LogP) is 3.42. The Morgan fingerprint density at radius 1 is 1.07 bits per heavy atom. The minimum absolute atomic E-state index is 0.0291. The van der Waals surface area contributed by atoms with Gasteiger partial charge in [-0.1, -0.05) is 18.2 Å². The van der Waals surface area contributed by atoms with Crippen LogP contribution in [0, 0.1) is 17.6 Å². The lowest BCUT2D eigenvalue weighted by Crippen LogP contribution is -2.44. The summed E-state index contributed by atoms with van der Waals surface area (Å²) in [7, 11) is -3.93. The first-order valence-corrected chi connectivity index (χ1v) is 10.6. The van der Waals surface area contributed by atoms with Gasteiger partial charge in [0.15, 0.2) is 11.6 Å². The van der Waals surface area contributed by atoms with Gasteiger partial charge in [0.05, 0.1) is 4.90 Å². The van der Waals surface area contributed by atoms with Crippen LogP contribution in [0.1, 0.15) is 19.8 Å². The standard InChI is InChI=1S/C20H22F2N2O3S/c1-2-24(16-6-4-3-5-7-16)20(25)15-10-12-23(13-11-15)28(26,27)17-8-9-18(21)19(22)14-17/h3-9,14-15H,2,10-13H2,1H3. The molecular weight excluding hydrogens is 386 g/mol. The van der Waals surface area contributed by atoms with Crippen LogP contribution in [0.25, 0.3) is 0 Å². The highest BCUT2D eigenvalue weighted by Gasteiger charge is 2.34. The summed E-state index contributed by atoms with van der Waals surface area (Å²) in [5.41, 5.74) is 0.812. The third kappa shape index (κ3) is 4.07. The van der Waals surface area contributed by atoms with Gasteiger partial charge in [-0.3, -0.25) is 4.79 Å². The molecule has 0 N–H and O–H groups in total. The van der Waals surface area contributed by atoms with E-state index in [1.54, 1.807) is 4.90 Å². The molecule has 150 valence electrons. The molecule has 1 amide bonds. The molecule has 2 aromatic rings. The highest BCUT2D eigenvalue weighted by molar-refractivity contribution is 7.89. The molecule has 0 aliphatic carbocycles. The van der Waals surface area contributed by atoms with Crippen molar-refractivity contribution < 1.29 is 22.0 Å². The van der Waals surface area contributed by atoms with Gasteiger partial charge in [0.2, 0.25) is 15.9 Å². The summed E-state index contributed by atoms with van der Waals surface area (Å²) >= 11 is 0. The molecule has 5 nitrogen and oxygen atoms in total. The van der Waals surface area contributed by atoms with Crippen molar-refractivity contribution in [2.45, 2.75) is 24.7 Å². The van der Waals surface area contributed by atoms with E-state index in [0.29, 0.717) is 25.5 Å². The van der Waals surface area contributed by atoms with Gasteiger partial charge in [-0.05, 0) is 50.1 Å². The summed E-state index contributed by atoms with van der Waals surface area (Å²) in [6.07, 6.45) is 0.760. The Kier molecular flexibility index (Phi) is 6.10. The van der Waals surface area contributed by atoms with Crippen LogP contribution in [0.3, 0.4) is 0 Å². The number of carbonyl (C=O) groups is 1. The van der Waals surface area contributed by atoms with Gasteiger partial charge >= 0.3 is 0 Å². The van der Waals surface area contributed by atoms with Crippen LogP contribution in [-0.2, 0) is 14.8 Å². The van der Waals surface area contributed by atoms with Gasteiger partial charge in [-0.2, -0.15) is 4.31 Å². The highest BCUT2D eigenvalue weighted by atomic mass is 32.2. The number of anilines is 1. The third-order valence-electron chi connectivity index (χ3n) is 4.98. The van der Waals surface area contributed by atoms with E-state index in [9.17, 15) is 22.0 Å². The van der Waals surface area contributed by atoms with Gasteiger partial charge in [0.1, 0.15) is 0 Å². The molecule has 2 aromatic carbocycles. The second kappa shape index (κ2) is 8.36. The molecule has 0 radical (unpaired) electrons. The zero-order valence-corrected chi connectivity index (χ0v) is 16.3. The van der Waals surface area contributed by atoms with E-state index >= 15 is 0 Å². The molecule has 1 heterocycles. The molecule has 1 aliphatic rings. The van der Waals surface area contributed by atoms with E-state index in [2.05, 4.69) is 0 Å². The number of benzene rings is 2. The van der Waals surface area contributed by atoms with Crippen molar-refractivity contribution >= 4 is 21.6 Å². The maximum atomic E-state index is 13.4. The van der Waals surface area contributed by atoms with Gasteiger partial charge < -0.3 is 4.90 Å². The molecule has 8 heteroatoms. The third-order valence-corrected chi connectivity index (χ3v) is 6.88. The fourth-order valence-electron chi connectivity index (χ4n) is 3.42. The monoisotopic (exact) mass is 408 g/mol. The molecule has 0 saturated carbocycles. The average Bonchev–Trinajstić information content (AvgIpc) is 2.71. The van der Waals surface area contributed by atoms with E-state index in [1.807, 2.05) is 37.3 Å². The number of rotatable bonds is 5. The topological polar surface area (TPSA) is 57.7 Å². The molecule has 0 atom stereocenters. The van der Waals surface area contributed by atoms with Crippen molar-refractivity contribution in [1.29, 1.82) is 0 Å². The number of para-hydroxylation sites is 1. The number of halogens is 2. The Hall–Kier alpha value is -2.32. The molecule has 0 spiro atoms. The van der Waals surface area contributed by atoms with Crippen LogP contribution < -0.4 is 4.90 Å². The first kappa shape index (κ1) is 20.4. The molecule has 1 saturated heterocycles. The summed E-state index contributed by atoms with van der Waals surface area (Å²) in [4.78, 5) is 14.3. The van der Waals surface area contributed by atoms with Crippen molar-refractivity contribution in [3.63, 3.8) is 0 Å². The van der Waals surface area contributed by atoms with E-state index in [1.165, 1.54) is 4.31 Å². The van der Waals surface area contributed by atoms with Crippen molar-refractivity contribution in [3.05, 3.63) is 60.2 Å². The minimum Gasteiger partial charge on any atom is -0.312 e. The molecule has 1 aliphatic heterocycles. The van der Waals surface area contributed by atoms with Crippen LogP contribution in [0.4, 0.5) is 14.5 Å². The number of piperidine rings is 1. The summed E-state index contributed by atoms with van der Waals surface area (Å²) in [5, 5.41) is 0. The zero-order valence-electron chi connectivity index (χ0n) is 15.5. The molecule has 1 fully saturated rings. The fraction of sp³-hybridized carbons (Fsp3) is 0.350. The molecule has 28 heavy (non-hydrogen) atoms. The number of carbonyl (C=O) groups excluding carboxylic acids is 1. The number of sulfonamides is 1. The fourth-order valence-corrected chi connectivity index (χ4v) is 4.91. The first-order chi connectivity index (χ1) is 13.3. The number of nitrogens with zero attached hydrogens (tertiary/aromatic N) is 2. The van der Waals surface area contributed by atoms with Gasteiger partial charge in [-0.25, -0.2) is 17.2 Å². The quantitative estimate of drug-likeness (QED) is 0.762. The van der Waals surface area contributed by atoms with E-state index in [-0.39, 0.29) is 29.8 Å². The van der Waals surface area contributed by atoms with Crippen LogP contribution in [0.15, 0.2) is 53.4 Å². The van der Waals surface area contributed by atoms with Gasteiger partial charge in [0, 0.05) is 31.2 Å². The van der Waals surface area contributed by atoms with Crippen LogP contribution in [0.5, 0.6) is 0 Å². The molecular formula is C20H22F2N2O3S. The van der Waals surface area contributed by atoms with Crippen molar-refractivity contribution in [2.75, 3.05) is 24.5 Å². The van der Waals surface area contributed by atoms with E-state index in [0.717, 1.165) is 17.8 Å². The highest BCUT2D eigenvalue weighted by Crippen LogP contribution is 2.27. The summed E-state index contributed by atoms with van der Waals surface area (Å²) in [6, 6.07) is 11.9. The van der Waals surface area contributed by atoms with E-state index < -0.39 is 21.7 Å². The zero-order chi connectivity index (χ0) is 20.3. The number of amides is 1. The minimum atomic E-state index is -3.93. The predicted molar refractivity (Wildman–Crippen MR) is 102 cm³/mol. The molecule has 0 unspecified atom stereocenters. The van der Waals surface area contributed by atoms with Crippen LogP contribution in [-0.4, -0.2) is 38.3 Å². The Morgan fingerprint density at radius 3 is 2.29 bits per heavy atom. The van der Waals surface area contributed by atoms with Crippen molar-refractivity contribution in [1.82, 2.24) is 4.31 Å². The lowest BCUT2D eigenvalue weighted by Gasteiger charge is -2.33. The normalized spacial score (nSPS) is 16.1. The summed E-state index contributed by atoms with van der Waals surface area (Å²) in [6.45, 7) is 2.73. The lowest BCUT2D eigenvalue weighted by molar-refractivity contribution is -0.123. The Morgan fingerprint density at radius 2 is 1.71 bits per heavy atom. The van der Waals surface area contributed by atoms with E-state index in [4.69, 9.17) is 0 Å². The van der Waals surface area contributed by atoms with Crippen LogP contribution in [0.2, 0.25) is 0 Å². The smallest absolute Gasteiger partial charge is 0.243 e. The van der Waals surface area contributed by atoms with Gasteiger partial charge in [0.25, 0.3) is 0 Å². The Balaban J connectivity index is 1.69. The Labute approximate surface area is 163 Å². The maximum Gasteiger partial charge on any atom is 0.243 e. The van der Waals surface area contributed by atoms with Crippen LogP contribution >= 0.6 is 0 Å². The SMILES string of the molecule is CCN(C(=O)C1CCN(S(=O)(=O)c2ccc(F)c(F)c2)CC1)c1ccccc1. The van der Waals surface area contributed by atoms with Crippen molar-refractivity contribution in [3.8, 4) is 0 Å². The lowest BCUT2D eigenvalue weighted by atomic mass is 9.96. The number of hydrogen-bond donors (Lipinski definition) is 0. The Bertz CT molecular complexity index is 943. The molecule has 3 rings (SSSR count). The maximum absolute atomic E-state index is 13.4. The van der Waals surface area contributed by atoms with Gasteiger partial charge in [-0.15, -0.1) is 0 Å². The second-order valence-electron chi connectivity index (χ2n) is 6.67. The number of hydrogen-bond acceptors (Lipinski definition) is 3.